The molecule has 0 radical (unpaired) electrons. The molecule has 0 amide bonds. The zero-order valence-electron chi connectivity index (χ0n) is 12.2. The lowest BCUT2D eigenvalue weighted by atomic mass is 10.0. The molecule has 0 aromatic heterocycles. The molecule has 2 nitrogen and oxygen atoms in total. The summed E-state index contributed by atoms with van der Waals surface area (Å²) < 4.78 is 6.00. The Hall–Kier alpha value is -1.02. The molecule has 1 aromatic carbocycles. The van der Waals surface area contributed by atoms with Gasteiger partial charge in [-0.2, -0.15) is 0 Å². The van der Waals surface area contributed by atoms with Crippen LogP contribution < -0.4 is 10.1 Å². The molecule has 102 valence electrons. The van der Waals surface area contributed by atoms with Crippen molar-refractivity contribution in [2.75, 3.05) is 13.7 Å². The third-order valence-electron chi connectivity index (χ3n) is 3.36. The normalized spacial score (nSPS) is 14.2. The van der Waals surface area contributed by atoms with Crippen molar-refractivity contribution in [1.29, 1.82) is 0 Å². The van der Waals surface area contributed by atoms with Gasteiger partial charge in [0.05, 0.1) is 6.61 Å². The van der Waals surface area contributed by atoms with Crippen LogP contribution in [0.3, 0.4) is 0 Å². The first-order valence-electron chi connectivity index (χ1n) is 7.11. The SMILES string of the molecule is CCCC(C)COc1ccccc1C(CC)NC. The Bertz CT molecular complexity index is 334. The molecular formula is C16H27NO. The van der Waals surface area contributed by atoms with Crippen molar-refractivity contribution >= 4 is 0 Å². The summed E-state index contributed by atoms with van der Waals surface area (Å²) in [5.74, 6) is 1.65. The summed E-state index contributed by atoms with van der Waals surface area (Å²) in [6.07, 6.45) is 3.52. The fraction of sp³-hybridized carbons (Fsp3) is 0.625. The molecule has 0 spiro atoms. The monoisotopic (exact) mass is 249 g/mol. The first kappa shape index (κ1) is 15.0. The van der Waals surface area contributed by atoms with Gasteiger partial charge in [-0.1, -0.05) is 45.4 Å². The molecule has 0 aliphatic carbocycles. The van der Waals surface area contributed by atoms with Crippen molar-refractivity contribution in [3.63, 3.8) is 0 Å². The second-order valence-corrected chi connectivity index (χ2v) is 4.99. The largest absolute Gasteiger partial charge is 0.493 e. The van der Waals surface area contributed by atoms with Crippen molar-refractivity contribution in [2.45, 2.75) is 46.1 Å². The summed E-state index contributed by atoms with van der Waals surface area (Å²) in [6.45, 7) is 7.47. The molecule has 1 aromatic rings. The maximum Gasteiger partial charge on any atom is 0.124 e. The zero-order valence-corrected chi connectivity index (χ0v) is 12.2. The standard InChI is InChI=1S/C16H27NO/c1-5-9-13(3)12-18-16-11-8-7-10-14(16)15(6-2)17-4/h7-8,10-11,13,15,17H,5-6,9,12H2,1-4H3. The summed E-state index contributed by atoms with van der Waals surface area (Å²) in [6, 6.07) is 8.74. The van der Waals surface area contributed by atoms with Crippen LogP contribution in [0.15, 0.2) is 24.3 Å². The first-order chi connectivity index (χ1) is 8.72. The molecule has 1 rings (SSSR count). The highest BCUT2D eigenvalue weighted by molar-refractivity contribution is 5.35. The zero-order chi connectivity index (χ0) is 13.4. The predicted octanol–water partition coefficient (Wildman–Crippen LogP) is 4.17. The number of ether oxygens (including phenoxy) is 1. The van der Waals surface area contributed by atoms with Gasteiger partial charge in [0.25, 0.3) is 0 Å². The average molecular weight is 249 g/mol. The van der Waals surface area contributed by atoms with Gasteiger partial charge in [0.1, 0.15) is 5.75 Å². The molecule has 0 heterocycles. The van der Waals surface area contributed by atoms with Crippen LogP contribution >= 0.6 is 0 Å². The summed E-state index contributed by atoms with van der Waals surface area (Å²) in [5, 5.41) is 3.34. The van der Waals surface area contributed by atoms with Gasteiger partial charge in [-0.15, -0.1) is 0 Å². The molecule has 0 saturated heterocycles. The Labute approximate surface area is 112 Å². The molecule has 2 atom stereocenters. The highest BCUT2D eigenvalue weighted by atomic mass is 16.5. The molecule has 18 heavy (non-hydrogen) atoms. The first-order valence-corrected chi connectivity index (χ1v) is 7.11. The van der Waals surface area contributed by atoms with E-state index in [2.05, 4.69) is 44.3 Å². The molecule has 0 aliphatic heterocycles. The number of benzene rings is 1. The van der Waals surface area contributed by atoms with E-state index < -0.39 is 0 Å². The van der Waals surface area contributed by atoms with Crippen molar-refractivity contribution in [1.82, 2.24) is 5.32 Å². The van der Waals surface area contributed by atoms with Crippen molar-refractivity contribution in [3.05, 3.63) is 29.8 Å². The minimum Gasteiger partial charge on any atom is -0.493 e. The summed E-state index contributed by atoms with van der Waals surface area (Å²) >= 11 is 0. The van der Waals surface area contributed by atoms with Gasteiger partial charge in [-0.25, -0.2) is 0 Å². The van der Waals surface area contributed by atoms with Crippen LogP contribution in [0.5, 0.6) is 5.75 Å². The third-order valence-corrected chi connectivity index (χ3v) is 3.36. The summed E-state index contributed by atoms with van der Waals surface area (Å²) in [5.41, 5.74) is 1.27. The summed E-state index contributed by atoms with van der Waals surface area (Å²) in [4.78, 5) is 0. The molecular weight excluding hydrogens is 222 g/mol. The van der Waals surface area contributed by atoms with Crippen LogP contribution in [0.4, 0.5) is 0 Å². The van der Waals surface area contributed by atoms with Gasteiger partial charge in [0.15, 0.2) is 0 Å². The van der Waals surface area contributed by atoms with E-state index in [1.54, 1.807) is 0 Å². The Morgan fingerprint density at radius 2 is 1.94 bits per heavy atom. The van der Waals surface area contributed by atoms with Crippen LogP contribution in [0.25, 0.3) is 0 Å². The molecule has 0 bridgehead atoms. The predicted molar refractivity (Wildman–Crippen MR) is 78.1 cm³/mol. The number of rotatable bonds is 8. The van der Waals surface area contributed by atoms with Gasteiger partial charge >= 0.3 is 0 Å². The smallest absolute Gasteiger partial charge is 0.124 e. The Morgan fingerprint density at radius 3 is 2.56 bits per heavy atom. The van der Waals surface area contributed by atoms with Crippen molar-refractivity contribution in [2.24, 2.45) is 5.92 Å². The third kappa shape index (κ3) is 4.34. The van der Waals surface area contributed by atoms with E-state index in [9.17, 15) is 0 Å². The second-order valence-electron chi connectivity index (χ2n) is 4.99. The second kappa shape index (κ2) is 8.15. The quantitative estimate of drug-likeness (QED) is 0.746. The van der Waals surface area contributed by atoms with Gasteiger partial charge in [0, 0.05) is 11.6 Å². The molecule has 1 N–H and O–H groups in total. The van der Waals surface area contributed by atoms with E-state index >= 15 is 0 Å². The summed E-state index contributed by atoms with van der Waals surface area (Å²) in [7, 11) is 2.00. The van der Waals surface area contributed by atoms with Crippen molar-refractivity contribution in [3.8, 4) is 5.75 Å². The molecule has 2 heteroatoms. The molecule has 0 fully saturated rings. The number of nitrogens with one attached hydrogen (secondary N) is 1. The number of hydrogen-bond acceptors (Lipinski definition) is 2. The van der Waals surface area contributed by atoms with Crippen molar-refractivity contribution < 1.29 is 4.74 Å². The maximum atomic E-state index is 6.00. The van der Waals surface area contributed by atoms with Crippen LogP contribution in [0.1, 0.15) is 51.6 Å². The van der Waals surface area contributed by atoms with Crippen LogP contribution in [-0.2, 0) is 0 Å². The topological polar surface area (TPSA) is 21.3 Å². The molecule has 0 saturated carbocycles. The molecule has 2 unspecified atom stereocenters. The maximum absolute atomic E-state index is 6.00. The minimum atomic E-state index is 0.377. The fourth-order valence-electron chi connectivity index (χ4n) is 2.29. The van der Waals surface area contributed by atoms with Gasteiger partial charge in [0.2, 0.25) is 0 Å². The molecule has 0 aliphatic rings. The number of para-hydroxylation sites is 1. The van der Waals surface area contributed by atoms with E-state index in [1.807, 2.05) is 13.1 Å². The van der Waals surface area contributed by atoms with Crippen LogP contribution in [0, 0.1) is 5.92 Å². The Balaban J connectivity index is 2.70. The van der Waals surface area contributed by atoms with E-state index in [1.165, 1.54) is 18.4 Å². The van der Waals surface area contributed by atoms with Gasteiger partial charge in [-0.3, -0.25) is 0 Å². The minimum absolute atomic E-state index is 0.377. The van der Waals surface area contributed by atoms with E-state index in [4.69, 9.17) is 4.74 Å². The fourth-order valence-corrected chi connectivity index (χ4v) is 2.29. The van der Waals surface area contributed by atoms with Crippen LogP contribution in [0.2, 0.25) is 0 Å². The highest BCUT2D eigenvalue weighted by Crippen LogP contribution is 2.27. The van der Waals surface area contributed by atoms with E-state index in [0.29, 0.717) is 12.0 Å². The Kier molecular flexibility index (Phi) is 6.81. The van der Waals surface area contributed by atoms with E-state index in [0.717, 1.165) is 18.8 Å². The number of hydrogen-bond donors (Lipinski definition) is 1. The van der Waals surface area contributed by atoms with Crippen LogP contribution in [-0.4, -0.2) is 13.7 Å². The average Bonchev–Trinajstić information content (AvgIpc) is 2.39. The Morgan fingerprint density at radius 1 is 1.22 bits per heavy atom. The lowest BCUT2D eigenvalue weighted by molar-refractivity contribution is 0.247. The lowest BCUT2D eigenvalue weighted by Crippen LogP contribution is -2.17. The highest BCUT2D eigenvalue weighted by Gasteiger charge is 2.12. The van der Waals surface area contributed by atoms with Gasteiger partial charge < -0.3 is 10.1 Å². The van der Waals surface area contributed by atoms with Gasteiger partial charge in [-0.05, 0) is 31.9 Å². The lowest BCUT2D eigenvalue weighted by Gasteiger charge is -2.20. The van der Waals surface area contributed by atoms with E-state index in [-0.39, 0.29) is 0 Å².